The first-order valence-corrected chi connectivity index (χ1v) is 9.23. The number of aromatic nitrogens is 1. The number of nitrogens with zero attached hydrogens (tertiary/aromatic N) is 1. The third-order valence-electron chi connectivity index (χ3n) is 3.95. The largest absolute Gasteiger partial charge is 0.489 e. The van der Waals surface area contributed by atoms with Crippen LogP contribution in [-0.4, -0.2) is 17.6 Å². The Balaban J connectivity index is 1.44. The second-order valence-corrected chi connectivity index (χ2v) is 6.19. The fourth-order valence-electron chi connectivity index (χ4n) is 2.52. The van der Waals surface area contributed by atoms with Crippen molar-refractivity contribution in [3.8, 4) is 11.5 Å². The van der Waals surface area contributed by atoms with E-state index in [-0.39, 0.29) is 6.03 Å². The van der Waals surface area contributed by atoms with E-state index in [4.69, 9.17) is 9.47 Å². The average Bonchev–Trinajstić information content (AvgIpc) is 2.76. The van der Waals surface area contributed by atoms with Crippen LogP contribution in [0.4, 0.5) is 10.5 Å². The molecule has 1 heterocycles. The zero-order valence-corrected chi connectivity index (χ0v) is 16.0. The Labute approximate surface area is 170 Å². The van der Waals surface area contributed by atoms with Crippen molar-refractivity contribution < 1.29 is 14.3 Å². The molecule has 0 unspecified atom stereocenters. The number of rotatable bonds is 9. The molecule has 6 nitrogen and oxygen atoms in total. The molecule has 0 aliphatic carbocycles. The summed E-state index contributed by atoms with van der Waals surface area (Å²) in [5, 5.41) is 5.62. The predicted octanol–water partition coefficient (Wildman–Crippen LogP) is 4.55. The minimum absolute atomic E-state index is 0.290. The third kappa shape index (κ3) is 6.70. The van der Waals surface area contributed by atoms with Gasteiger partial charge in [0.05, 0.1) is 5.69 Å². The van der Waals surface area contributed by atoms with Crippen LogP contribution in [0.25, 0.3) is 0 Å². The first-order valence-electron chi connectivity index (χ1n) is 9.23. The Hall–Kier alpha value is -3.80. The number of urea groups is 1. The zero-order valence-electron chi connectivity index (χ0n) is 16.0. The fraction of sp³-hybridized carbons (Fsp3) is 0.130. The maximum Gasteiger partial charge on any atom is 0.319 e. The van der Waals surface area contributed by atoms with Gasteiger partial charge in [-0.25, -0.2) is 4.79 Å². The Morgan fingerprint density at radius 3 is 2.62 bits per heavy atom. The van der Waals surface area contributed by atoms with E-state index in [1.165, 1.54) is 0 Å². The normalized spacial score (nSPS) is 10.1. The highest BCUT2D eigenvalue weighted by Crippen LogP contribution is 2.17. The zero-order chi connectivity index (χ0) is 20.3. The Morgan fingerprint density at radius 1 is 1.00 bits per heavy atom. The summed E-state index contributed by atoms with van der Waals surface area (Å²) < 4.78 is 11.2. The number of anilines is 1. The van der Waals surface area contributed by atoms with Gasteiger partial charge in [0, 0.05) is 24.5 Å². The van der Waals surface area contributed by atoms with Crippen molar-refractivity contribution in [3.63, 3.8) is 0 Å². The van der Waals surface area contributed by atoms with E-state index in [1.54, 1.807) is 24.4 Å². The van der Waals surface area contributed by atoms with Gasteiger partial charge in [-0.3, -0.25) is 4.98 Å². The summed E-state index contributed by atoms with van der Waals surface area (Å²) in [7, 11) is 0. The van der Waals surface area contributed by atoms with Crippen molar-refractivity contribution in [1.29, 1.82) is 0 Å². The van der Waals surface area contributed by atoms with Crippen molar-refractivity contribution in [3.05, 3.63) is 96.8 Å². The van der Waals surface area contributed by atoms with E-state index < -0.39 is 0 Å². The molecule has 2 amide bonds. The summed E-state index contributed by atoms with van der Waals surface area (Å²) in [6, 6.07) is 20.2. The molecule has 0 aliphatic heterocycles. The fourth-order valence-corrected chi connectivity index (χ4v) is 2.52. The highest BCUT2D eigenvalue weighted by Gasteiger charge is 2.04. The number of pyridine rings is 1. The standard InChI is InChI=1S/C23H23N3O3/c1-2-14-28-22-8-5-7-19(15-22)26-23(27)25-16-18-9-11-21(12-10-18)29-17-20-6-3-4-13-24-20/h2-13,15H,1,14,16-17H2,(H2,25,26,27). The van der Waals surface area contributed by atoms with Crippen molar-refractivity contribution in [2.45, 2.75) is 13.2 Å². The molecule has 0 radical (unpaired) electrons. The van der Waals surface area contributed by atoms with Gasteiger partial charge in [-0.15, -0.1) is 0 Å². The van der Waals surface area contributed by atoms with Gasteiger partial charge in [-0.05, 0) is 42.0 Å². The molecule has 3 rings (SSSR count). The van der Waals surface area contributed by atoms with Crippen LogP contribution in [0.2, 0.25) is 0 Å². The van der Waals surface area contributed by atoms with Crippen molar-refractivity contribution in [2.75, 3.05) is 11.9 Å². The van der Waals surface area contributed by atoms with Crippen LogP contribution in [0.5, 0.6) is 11.5 Å². The maximum absolute atomic E-state index is 12.1. The molecule has 2 aromatic carbocycles. The van der Waals surface area contributed by atoms with Crippen LogP contribution >= 0.6 is 0 Å². The van der Waals surface area contributed by atoms with E-state index in [2.05, 4.69) is 22.2 Å². The van der Waals surface area contributed by atoms with Crippen LogP contribution in [0.15, 0.2) is 85.6 Å². The van der Waals surface area contributed by atoms with Gasteiger partial charge in [0.1, 0.15) is 24.7 Å². The van der Waals surface area contributed by atoms with Gasteiger partial charge in [0.2, 0.25) is 0 Å². The number of carbonyl (C=O) groups excluding carboxylic acids is 1. The second kappa shape index (κ2) is 10.5. The summed E-state index contributed by atoms with van der Waals surface area (Å²) >= 11 is 0. The van der Waals surface area contributed by atoms with Crippen molar-refractivity contribution in [2.24, 2.45) is 0 Å². The van der Waals surface area contributed by atoms with Gasteiger partial charge in [0.15, 0.2) is 0 Å². The summed E-state index contributed by atoms with van der Waals surface area (Å²) in [5.41, 5.74) is 2.49. The van der Waals surface area contributed by atoms with Crippen LogP contribution in [-0.2, 0) is 13.2 Å². The van der Waals surface area contributed by atoms with Crippen molar-refractivity contribution in [1.82, 2.24) is 10.3 Å². The van der Waals surface area contributed by atoms with Gasteiger partial charge in [-0.2, -0.15) is 0 Å². The van der Waals surface area contributed by atoms with E-state index in [9.17, 15) is 4.79 Å². The number of ether oxygens (including phenoxy) is 2. The SMILES string of the molecule is C=CCOc1cccc(NC(=O)NCc2ccc(OCc3ccccn3)cc2)c1. The smallest absolute Gasteiger partial charge is 0.319 e. The first-order chi connectivity index (χ1) is 14.2. The maximum atomic E-state index is 12.1. The van der Waals surface area contributed by atoms with Gasteiger partial charge >= 0.3 is 6.03 Å². The van der Waals surface area contributed by atoms with E-state index in [0.29, 0.717) is 31.2 Å². The molecule has 29 heavy (non-hydrogen) atoms. The molecule has 0 saturated heterocycles. The first kappa shape index (κ1) is 19.9. The van der Waals surface area contributed by atoms with Gasteiger partial charge < -0.3 is 20.1 Å². The molecule has 6 heteroatoms. The molecule has 148 valence electrons. The minimum atomic E-state index is -0.290. The highest BCUT2D eigenvalue weighted by molar-refractivity contribution is 5.89. The second-order valence-electron chi connectivity index (χ2n) is 6.19. The Bertz CT molecular complexity index is 928. The number of amides is 2. The quantitative estimate of drug-likeness (QED) is 0.527. The average molecular weight is 389 g/mol. The molecule has 0 saturated carbocycles. The molecule has 2 N–H and O–H groups in total. The lowest BCUT2D eigenvalue weighted by Crippen LogP contribution is -2.28. The number of hydrogen-bond donors (Lipinski definition) is 2. The number of nitrogens with one attached hydrogen (secondary N) is 2. The number of hydrogen-bond acceptors (Lipinski definition) is 4. The molecule has 3 aromatic rings. The lowest BCUT2D eigenvalue weighted by molar-refractivity contribution is 0.251. The van der Waals surface area contributed by atoms with Crippen LogP contribution in [0, 0.1) is 0 Å². The number of benzene rings is 2. The molecule has 0 atom stereocenters. The third-order valence-corrected chi connectivity index (χ3v) is 3.95. The van der Waals surface area contributed by atoms with Crippen molar-refractivity contribution >= 4 is 11.7 Å². The summed E-state index contributed by atoms with van der Waals surface area (Å²) in [5.74, 6) is 1.42. The van der Waals surface area contributed by atoms with Crippen LogP contribution < -0.4 is 20.1 Å². The molecular formula is C23H23N3O3. The van der Waals surface area contributed by atoms with E-state index in [0.717, 1.165) is 17.0 Å². The Morgan fingerprint density at radius 2 is 1.86 bits per heavy atom. The van der Waals surface area contributed by atoms with E-state index in [1.807, 2.05) is 54.6 Å². The van der Waals surface area contributed by atoms with Crippen LogP contribution in [0.3, 0.4) is 0 Å². The van der Waals surface area contributed by atoms with Gasteiger partial charge in [-0.1, -0.05) is 36.9 Å². The molecule has 0 spiro atoms. The Kier molecular flexibility index (Phi) is 7.23. The molecule has 0 fully saturated rings. The molecular weight excluding hydrogens is 366 g/mol. The van der Waals surface area contributed by atoms with Crippen LogP contribution in [0.1, 0.15) is 11.3 Å². The lowest BCUT2D eigenvalue weighted by atomic mass is 10.2. The molecule has 0 aliphatic rings. The number of carbonyl (C=O) groups is 1. The monoisotopic (exact) mass is 389 g/mol. The minimum Gasteiger partial charge on any atom is -0.489 e. The summed E-state index contributed by atoms with van der Waals surface area (Å²) in [6.45, 7) is 4.84. The summed E-state index contributed by atoms with van der Waals surface area (Å²) in [4.78, 5) is 16.3. The topological polar surface area (TPSA) is 72.5 Å². The summed E-state index contributed by atoms with van der Waals surface area (Å²) in [6.07, 6.45) is 3.41. The molecule has 1 aromatic heterocycles. The predicted molar refractivity (Wildman–Crippen MR) is 113 cm³/mol. The lowest BCUT2D eigenvalue weighted by Gasteiger charge is -2.10. The van der Waals surface area contributed by atoms with Gasteiger partial charge in [0.25, 0.3) is 0 Å². The highest BCUT2D eigenvalue weighted by atomic mass is 16.5. The van der Waals surface area contributed by atoms with E-state index >= 15 is 0 Å². The molecule has 0 bridgehead atoms.